The molecule has 1 amide bonds. The number of carbonyl (C=O) groups is 1. The highest BCUT2D eigenvalue weighted by molar-refractivity contribution is 5.76. The third kappa shape index (κ3) is 3.44. The monoisotopic (exact) mass is 304 g/mol. The van der Waals surface area contributed by atoms with E-state index in [2.05, 4.69) is 0 Å². The zero-order valence-corrected chi connectivity index (χ0v) is 11.4. The van der Waals surface area contributed by atoms with E-state index in [0.29, 0.717) is 25.6 Å². The molecule has 1 aromatic rings. The normalized spacial score (nSPS) is 19.0. The van der Waals surface area contributed by atoms with Gasteiger partial charge in [-0.2, -0.15) is 13.2 Å². The Morgan fingerprint density at radius 2 is 2.19 bits per heavy atom. The van der Waals surface area contributed by atoms with Crippen molar-refractivity contribution in [2.75, 3.05) is 20.2 Å². The van der Waals surface area contributed by atoms with Crippen LogP contribution in [0.5, 0.6) is 0 Å². The lowest BCUT2D eigenvalue weighted by Gasteiger charge is -2.17. The standard InChI is InChI=1S/C13H15F3N2O3/c1-21-9-4-6-17(7-9)11(19)8-18-5-2-3-10(12(18)20)13(14,15)16/h2-3,5,9H,4,6-8H2,1H3/t9-/m0/s1. The van der Waals surface area contributed by atoms with Crippen LogP contribution < -0.4 is 5.56 Å². The summed E-state index contributed by atoms with van der Waals surface area (Å²) >= 11 is 0. The van der Waals surface area contributed by atoms with Gasteiger partial charge in [-0.15, -0.1) is 0 Å². The summed E-state index contributed by atoms with van der Waals surface area (Å²) in [6.45, 7) is 0.466. The van der Waals surface area contributed by atoms with Crippen LogP contribution in [0, 0.1) is 0 Å². The molecule has 1 saturated heterocycles. The van der Waals surface area contributed by atoms with E-state index >= 15 is 0 Å². The van der Waals surface area contributed by atoms with Gasteiger partial charge in [0.25, 0.3) is 5.56 Å². The van der Waals surface area contributed by atoms with E-state index < -0.39 is 29.8 Å². The van der Waals surface area contributed by atoms with Gasteiger partial charge in [0.1, 0.15) is 12.1 Å². The van der Waals surface area contributed by atoms with Gasteiger partial charge >= 0.3 is 6.18 Å². The number of likely N-dealkylation sites (tertiary alicyclic amines) is 1. The lowest BCUT2D eigenvalue weighted by atomic mass is 10.2. The van der Waals surface area contributed by atoms with Crippen LogP contribution in [0.2, 0.25) is 0 Å². The molecule has 0 unspecified atom stereocenters. The number of halogens is 3. The number of amides is 1. The summed E-state index contributed by atoms with van der Waals surface area (Å²) in [7, 11) is 1.54. The van der Waals surface area contributed by atoms with Crippen LogP contribution in [0.1, 0.15) is 12.0 Å². The Hall–Kier alpha value is -1.83. The second-order valence-corrected chi connectivity index (χ2v) is 4.84. The first-order valence-electron chi connectivity index (χ1n) is 6.40. The molecule has 1 aliphatic heterocycles. The van der Waals surface area contributed by atoms with Crippen molar-refractivity contribution in [2.24, 2.45) is 0 Å². The number of methoxy groups -OCH3 is 1. The average Bonchev–Trinajstić information content (AvgIpc) is 2.88. The van der Waals surface area contributed by atoms with Gasteiger partial charge in [0, 0.05) is 26.4 Å². The fourth-order valence-electron chi connectivity index (χ4n) is 2.27. The number of alkyl halides is 3. The molecule has 2 heterocycles. The van der Waals surface area contributed by atoms with Crippen molar-refractivity contribution in [3.63, 3.8) is 0 Å². The van der Waals surface area contributed by atoms with Crippen molar-refractivity contribution < 1.29 is 22.7 Å². The molecule has 2 rings (SSSR count). The maximum Gasteiger partial charge on any atom is 0.421 e. The molecule has 0 aromatic carbocycles. The van der Waals surface area contributed by atoms with Crippen molar-refractivity contribution in [3.8, 4) is 0 Å². The predicted molar refractivity (Wildman–Crippen MR) is 67.7 cm³/mol. The number of nitrogens with zero attached hydrogens (tertiary/aromatic N) is 2. The third-order valence-electron chi connectivity index (χ3n) is 3.46. The van der Waals surface area contributed by atoms with Crippen molar-refractivity contribution in [3.05, 3.63) is 34.2 Å². The Balaban J connectivity index is 2.14. The summed E-state index contributed by atoms with van der Waals surface area (Å²) < 4.78 is 43.8. The summed E-state index contributed by atoms with van der Waals surface area (Å²) in [5.74, 6) is -0.393. The molecule has 0 bridgehead atoms. The van der Waals surface area contributed by atoms with E-state index in [-0.39, 0.29) is 6.10 Å². The Labute approximate surface area is 118 Å². The van der Waals surface area contributed by atoms with E-state index in [4.69, 9.17) is 4.74 Å². The minimum Gasteiger partial charge on any atom is -0.380 e. The first-order valence-corrected chi connectivity index (χ1v) is 6.40. The summed E-state index contributed by atoms with van der Waals surface area (Å²) in [4.78, 5) is 25.2. The molecule has 116 valence electrons. The molecule has 0 aliphatic carbocycles. The van der Waals surface area contributed by atoms with E-state index in [1.165, 1.54) is 18.2 Å². The molecule has 21 heavy (non-hydrogen) atoms. The maximum atomic E-state index is 12.6. The summed E-state index contributed by atoms with van der Waals surface area (Å²) in [5.41, 5.74) is -2.48. The lowest BCUT2D eigenvalue weighted by Crippen LogP contribution is -2.37. The first kappa shape index (κ1) is 15.6. The van der Waals surface area contributed by atoms with E-state index in [1.807, 2.05) is 0 Å². The molecule has 0 N–H and O–H groups in total. The van der Waals surface area contributed by atoms with Gasteiger partial charge in [-0.3, -0.25) is 9.59 Å². The molecule has 0 spiro atoms. The van der Waals surface area contributed by atoms with Crippen LogP contribution in [0.25, 0.3) is 0 Å². The number of hydrogen-bond acceptors (Lipinski definition) is 3. The highest BCUT2D eigenvalue weighted by Gasteiger charge is 2.34. The molecule has 1 aliphatic rings. The smallest absolute Gasteiger partial charge is 0.380 e. The minimum absolute atomic E-state index is 0.0628. The highest BCUT2D eigenvalue weighted by atomic mass is 19.4. The highest BCUT2D eigenvalue weighted by Crippen LogP contribution is 2.26. The van der Waals surface area contributed by atoms with Crippen LogP contribution in [0.3, 0.4) is 0 Å². The number of carbonyl (C=O) groups excluding carboxylic acids is 1. The van der Waals surface area contributed by atoms with Crippen LogP contribution in [-0.4, -0.2) is 41.7 Å². The number of aromatic nitrogens is 1. The van der Waals surface area contributed by atoms with Gasteiger partial charge in [0.15, 0.2) is 0 Å². The van der Waals surface area contributed by atoms with Crippen LogP contribution in [0.4, 0.5) is 13.2 Å². The van der Waals surface area contributed by atoms with E-state index in [9.17, 15) is 22.8 Å². The molecular weight excluding hydrogens is 289 g/mol. The van der Waals surface area contributed by atoms with Gasteiger partial charge in [0.05, 0.1) is 6.10 Å². The Bertz CT molecular complexity index is 583. The molecule has 8 heteroatoms. The number of rotatable bonds is 3. The summed E-state index contributed by atoms with van der Waals surface area (Å²) in [5, 5.41) is 0. The zero-order chi connectivity index (χ0) is 15.6. The van der Waals surface area contributed by atoms with Crippen molar-refractivity contribution >= 4 is 5.91 Å². The molecule has 1 fully saturated rings. The van der Waals surface area contributed by atoms with Gasteiger partial charge in [0.2, 0.25) is 5.91 Å². The summed E-state index contributed by atoms with van der Waals surface area (Å²) in [6, 6.07) is 1.82. The fourth-order valence-corrected chi connectivity index (χ4v) is 2.27. The zero-order valence-electron chi connectivity index (χ0n) is 11.4. The molecular formula is C13H15F3N2O3. The van der Waals surface area contributed by atoms with Gasteiger partial charge in [-0.05, 0) is 18.6 Å². The molecule has 0 saturated carbocycles. The van der Waals surface area contributed by atoms with Crippen LogP contribution >= 0.6 is 0 Å². The Morgan fingerprint density at radius 3 is 2.76 bits per heavy atom. The minimum atomic E-state index is -4.72. The van der Waals surface area contributed by atoms with Gasteiger partial charge in [-0.1, -0.05) is 0 Å². The number of hydrogen-bond donors (Lipinski definition) is 0. The van der Waals surface area contributed by atoms with Crippen LogP contribution in [0.15, 0.2) is 23.1 Å². The third-order valence-corrected chi connectivity index (χ3v) is 3.46. The topological polar surface area (TPSA) is 51.5 Å². The fraction of sp³-hybridized carbons (Fsp3) is 0.538. The summed E-state index contributed by atoms with van der Waals surface area (Å²) in [6.07, 6.45) is -2.93. The predicted octanol–water partition coefficient (Wildman–Crippen LogP) is 1.11. The van der Waals surface area contributed by atoms with Gasteiger partial charge < -0.3 is 14.2 Å². The maximum absolute atomic E-state index is 12.6. The van der Waals surface area contributed by atoms with Gasteiger partial charge in [-0.25, -0.2) is 0 Å². The first-order chi connectivity index (χ1) is 9.82. The van der Waals surface area contributed by atoms with E-state index in [1.54, 1.807) is 0 Å². The average molecular weight is 304 g/mol. The second kappa shape index (κ2) is 5.88. The molecule has 1 aromatic heterocycles. The number of ether oxygens (including phenoxy) is 1. The molecule has 0 radical (unpaired) electrons. The van der Waals surface area contributed by atoms with Crippen molar-refractivity contribution in [1.82, 2.24) is 9.47 Å². The quantitative estimate of drug-likeness (QED) is 0.841. The van der Waals surface area contributed by atoms with Crippen molar-refractivity contribution in [2.45, 2.75) is 25.2 Å². The second-order valence-electron chi connectivity index (χ2n) is 4.84. The number of pyridine rings is 1. The molecule has 5 nitrogen and oxygen atoms in total. The van der Waals surface area contributed by atoms with E-state index in [0.717, 1.165) is 10.6 Å². The molecule has 1 atom stereocenters. The largest absolute Gasteiger partial charge is 0.421 e. The van der Waals surface area contributed by atoms with Crippen molar-refractivity contribution in [1.29, 1.82) is 0 Å². The Morgan fingerprint density at radius 1 is 1.48 bits per heavy atom. The Kier molecular flexibility index (Phi) is 4.36. The van der Waals surface area contributed by atoms with Crippen LogP contribution in [-0.2, 0) is 22.3 Å². The SMILES string of the molecule is CO[C@H]1CCN(C(=O)Cn2cccc(C(F)(F)F)c2=O)C1. The lowest BCUT2D eigenvalue weighted by molar-refractivity contribution is -0.139.